The van der Waals surface area contributed by atoms with Crippen molar-refractivity contribution in [3.05, 3.63) is 120 Å². The average molecular weight is 364 g/mol. The molecule has 0 radical (unpaired) electrons. The van der Waals surface area contributed by atoms with Crippen LogP contribution in [0.2, 0.25) is 0 Å². The zero-order valence-electron chi connectivity index (χ0n) is 15.3. The molecule has 0 aromatic heterocycles. The van der Waals surface area contributed by atoms with Gasteiger partial charge in [0.05, 0.1) is 0 Å². The summed E-state index contributed by atoms with van der Waals surface area (Å²) in [5.41, 5.74) is 0.556. The molecule has 0 saturated heterocycles. The second kappa shape index (κ2) is 7.70. The lowest BCUT2D eigenvalue weighted by molar-refractivity contribution is 0.144. The Hall–Kier alpha value is -3.38. The number of aliphatic hydroxyl groups excluding tert-OH is 1. The van der Waals surface area contributed by atoms with Crippen molar-refractivity contribution >= 4 is 10.8 Å². The van der Waals surface area contributed by atoms with Gasteiger partial charge in [0.25, 0.3) is 0 Å². The van der Waals surface area contributed by atoms with Crippen molar-refractivity contribution in [2.24, 2.45) is 0 Å². The van der Waals surface area contributed by atoms with E-state index >= 15 is 0 Å². The molecule has 0 aliphatic heterocycles. The van der Waals surface area contributed by atoms with Gasteiger partial charge in [-0.25, -0.2) is 0 Å². The van der Waals surface area contributed by atoms with Crippen molar-refractivity contribution in [2.75, 3.05) is 0 Å². The van der Waals surface area contributed by atoms with E-state index in [1.54, 1.807) is 0 Å². The quantitative estimate of drug-likeness (QED) is 0.512. The second-order valence-corrected chi connectivity index (χ2v) is 6.68. The molecule has 4 aromatic rings. The van der Waals surface area contributed by atoms with Crippen LogP contribution in [0.4, 0.5) is 0 Å². The Morgan fingerprint density at radius 3 is 1.82 bits per heavy atom. The third-order valence-electron chi connectivity index (χ3n) is 4.89. The summed E-state index contributed by atoms with van der Waals surface area (Å²) >= 11 is 0. The molecule has 0 heterocycles. The molecule has 2 nitrogen and oxygen atoms in total. The zero-order valence-corrected chi connectivity index (χ0v) is 15.3. The van der Waals surface area contributed by atoms with Crippen molar-refractivity contribution in [3.8, 4) is 11.8 Å². The largest absolute Gasteiger partial charge is 0.376 e. The Morgan fingerprint density at radius 1 is 0.643 bits per heavy atom. The van der Waals surface area contributed by atoms with Gasteiger partial charge in [0.2, 0.25) is 0 Å². The van der Waals surface area contributed by atoms with Gasteiger partial charge >= 0.3 is 0 Å². The minimum atomic E-state index is -1.51. The molecule has 28 heavy (non-hydrogen) atoms. The van der Waals surface area contributed by atoms with Crippen LogP contribution in [0.3, 0.4) is 0 Å². The van der Waals surface area contributed by atoms with E-state index in [0.29, 0.717) is 11.1 Å². The third kappa shape index (κ3) is 3.42. The van der Waals surface area contributed by atoms with Crippen LogP contribution in [0, 0.1) is 11.8 Å². The second-order valence-electron chi connectivity index (χ2n) is 6.68. The fourth-order valence-electron chi connectivity index (χ4n) is 3.41. The van der Waals surface area contributed by atoms with Gasteiger partial charge in [-0.15, -0.1) is 0 Å². The summed E-state index contributed by atoms with van der Waals surface area (Å²) in [6.07, 6.45) is -1.01. The molecule has 0 spiro atoms. The number of hydrogen-bond donors (Lipinski definition) is 2. The third-order valence-corrected chi connectivity index (χ3v) is 4.89. The summed E-state index contributed by atoms with van der Waals surface area (Å²) in [4.78, 5) is 0. The predicted molar refractivity (Wildman–Crippen MR) is 113 cm³/mol. The zero-order chi connectivity index (χ0) is 19.4. The molecular formula is C26H20O2. The Kier molecular flexibility index (Phi) is 4.95. The fourth-order valence-corrected chi connectivity index (χ4v) is 3.41. The fraction of sp³-hybridized carbons (Fsp3) is 0.0769. The Bertz CT molecular complexity index is 1090. The number of rotatable bonds is 3. The summed E-state index contributed by atoms with van der Waals surface area (Å²) in [6, 6.07) is 32.3. The first-order valence-electron chi connectivity index (χ1n) is 9.20. The Labute approximate surface area is 164 Å². The minimum absolute atomic E-state index is 0.666. The molecule has 136 valence electrons. The summed E-state index contributed by atoms with van der Waals surface area (Å²) in [5.74, 6) is 5.83. The molecule has 2 N–H and O–H groups in total. The number of benzene rings is 4. The van der Waals surface area contributed by atoms with Gasteiger partial charge in [0.1, 0.15) is 6.10 Å². The predicted octanol–water partition coefficient (Wildman–Crippen LogP) is 4.81. The van der Waals surface area contributed by atoms with Crippen LogP contribution in [0.25, 0.3) is 10.8 Å². The maximum Gasteiger partial charge on any atom is 0.176 e. The van der Waals surface area contributed by atoms with Crippen LogP contribution in [0.1, 0.15) is 22.8 Å². The first kappa shape index (κ1) is 18.0. The maximum atomic E-state index is 11.5. The summed E-state index contributed by atoms with van der Waals surface area (Å²) in [7, 11) is 0. The van der Waals surface area contributed by atoms with Gasteiger partial charge in [-0.3, -0.25) is 0 Å². The highest BCUT2D eigenvalue weighted by Gasteiger charge is 2.29. The van der Waals surface area contributed by atoms with Crippen molar-refractivity contribution in [2.45, 2.75) is 11.7 Å². The van der Waals surface area contributed by atoms with E-state index in [1.165, 1.54) is 0 Å². The van der Waals surface area contributed by atoms with E-state index in [1.807, 2.05) is 103 Å². The Balaban J connectivity index is 1.79. The van der Waals surface area contributed by atoms with Gasteiger partial charge in [0.15, 0.2) is 5.60 Å². The van der Waals surface area contributed by atoms with Crippen molar-refractivity contribution < 1.29 is 10.2 Å². The normalized spacial score (nSPS) is 12.2. The van der Waals surface area contributed by atoms with E-state index in [4.69, 9.17) is 0 Å². The number of aliphatic hydroxyl groups is 2. The molecule has 0 fully saturated rings. The SMILES string of the molecule is OC(C#CC(O)(c1ccccc1)c1ccccc1)c1cccc2ccccc12. The van der Waals surface area contributed by atoms with Gasteiger partial charge in [-0.1, -0.05) is 115 Å². The van der Waals surface area contributed by atoms with Gasteiger partial charge < -0.3 is 10.2 Å². The Morgan fingerprint density at radius 2 is 1.18 bits per heavy atom. The smallest absolute Gasteiger partial charge is 0.176 e. The molecule has 2 heteroatoms. The van der Waals surface area contributed by atoms with Crippen LogP contribution in [-0.4, -0.2) is 10.2 Å². The number of fused-ring (bicyclic) bond motifs is 1. The van der Waals surface area contributed by atoms with Gasteiger partial charge in [-0.05, 0) is 10.8 Å². The number of hydrogen-bond acceptors (Lipinski definition) is 2. The van der Waals surface area contributed by atoms with Gasteiger partial charge in [0, 0.05) is 16.7 Å². The van der Waals surface area contributed by atoms with E-state index < -0.39 is 11.7 Å². The molecule has 0 amide bonds. The van der Waals surface area contributed by atoms with Crippen LogP contribution in [0.15, 0.2) is 103 Å². The molecule has 0 aliphatic carbocycles. The standard InChI is InChI=1S/C26H20O2/c27-25(24-17-9-11-20-10-7-8-16-23(20)24)18-19-26(28,21-12-3-1-4-13-21)22-14-5-2-6-15-22/h1-17,25,27-28H. The van der Waals surface area contributed by atoms with E-state index in [9.17, 15) is 10.2 Å². The first-order chi connectivity index (χ1) is 13.7. The van der Waals surface area contributed by atoms with Crippen LogP contribution >= 0.6 is 0 Å². The van der Waals surface area contributed by atoms with Gasteiger partial charge in [-0.2, -0.15) is 0 Å². The average Bonchev–Trinajstić information content (AvgIpc) is 2.78. The highest BCUT2D eigenvalue weighted by atomic mass is 16.3. The molecule has 4 rings (SSSR count). The topological polar surface area (TPSA) is 40.5 Å². The molecule has 0 bridgehead atoms. The van der Waals surface area contributed by atoms with Crippen molar-refractivity contribution in [3.63, 3.8) is 0 Å². The molecular weight excluding hydrogens is 344 g/mol. The molecule has 4 aromatic carbocycles. The summed E-state index contributed by atoms with van der Waals surface area (Å²) < 4.78 is 0. The highest BCUT2D eigenvalue weighted by molar-refractivity contribution is 5.86. The van der Waals surface area contributed by atoms with Crippen molar-refractivity contribution in [1.29, 1.82) is 0 Å². The van der Waals surface area contributed by atoms with E-state index in [2.05, 4.69) is 11.8 Å². The molecule has 0 saturated carbocycles. The van der Waals surface area contributed by atoms with Crippen molar-refractivity contribution in [1.82, 2.24) is 0 Å². The van der Waals surface area contributed by atoms with E-state index in [-0.39, 0.29) is 0 Å². The first-order valence-corrected chi connectivity index (χ1v) is 9.20. The monoisotopic (exact) mass is 364 g/mol. The lowest BCUT2D eigenvalue weighted by atomic mass is 9.86. The molecule has 1 unspecified atom stereocenters. The highest BCUT2D eigenvalue weighted by Crippen LogP contribution is 2.30. The lowest BCUT2D eigenvalue weighted by Gasteiger charge is -2.23. The minimum Gasteiger partial charge on any atom is -0.376 e. The molecule has 0 aliphatic rings. The maximum absolute atomic E-state index is 11.5. The van der Waals surface area contributed by atoms with Crippen LogP contribution < -0.4 is 0 Å². The van der Waals surface area contributed by atoms with Crippen LogP contribution in [0.5, 0.6) is 0 Å². The lowest BCUT2D eigenvalue weighted by Crippen LogP contribution is -2.25. The summed E-state index contributed by atoms with van der Waals surface area (Å²) in [5, 5.41) is 24.3. The summed E-state index contributed by atoms with van der Waals surface area (Å²) in [6.45, 7) is 0. The van der Waals surface area contributed by atoms with Crippen LogP contribution in [-0.2, 0) is 5.60 Å². The molecule has 1 atom stereocenters. The van der Waals surface area contributed by atoms with E-state index in [0.717, 1.165) is 16.3 Å².